The molecule has 0 aliphatic carbocycles. The van der Waals surface area contributed by atoms with E-state index in [1.165, 1.54) is 66.8 Å². The summed E-state index contributed by atoms with van der Waals surface area (Å²) in [5.74, 6) is 0. The van der Waals surface area contributed by atoms with Gasteiger partial charge in [-0.25, -0.2) is 0 Å². The van der Waals surface area contributed by atoms with E-state index in [0.29, 0.717) is 0 Å². The van der Waals surface area contributed by atoms with Crippen LogP contribution in [0, 0.1) is 41.5 Å². The summed E-state index contributed by atoms with van der Waals surface area (Å²) in [4.78, 5) is 15.4. The highest BCUT2D eigenvalue weighted by Gasteiger charge is 2.18. The van der Waals surface area contributed by atoms with E-state index < -0.39 is 0 Å². The van der Waals surface area contributed by atoms with Gasteiger partial charge in [-0.2, -0.15) is 0 Å². The van der Waals surface area contributed by atoms with E-state index in [-0.39, 0.29) is 0 Å². The Bertz CT molecular complexity index is 4110. The second-order valence-electron chi connectivity index (χ2n) is 22.4. The molecule has 0 saturated carbocycles. The molecule has 0 aliphatic rings. The quantitative estimate of drug-likeness (QED) is 0.122. The van der Waals surface area contributed by atoms with Crippen molar-refractivity contribution in [3.05, 3.63) is 307 Å². The maximum Gasteiger partial charge on any atom is 0.0702 e. The number of aromatic nitrogens is 3. The molecule has 13 aromatic rings. The van der Waals surface area contributed by atoms with E-state index in [0.717, 1.165) is 101 Å². The van der Waals surface area contributed by atoms with Gasteiger partial charge < -0.3 is 0 Å². The van der Waals surface area contributed by atoms with Gasteiger partial charge in [-0.1, -0.05) is 217 Å². The fourth-order valence-electron chi connectivity index (χ4n) is 11.9. The normalized spacial score (nSPS) is 11.2. The third kappa shape index (κ3) is 10.8. The molecule has 3 heterocycles. The number of benzene rings is 10. The third-order valence-electron chi connectivity index (χ3n) is 16.5. The van der Waals surface area contributed by atoms with Crippen molar-refractivity contribution in [1.29, 1.82) is 0 Å². The zero-order chi connectivity index (χ0) is 57.3. The topological polar surface area (TPSA) is 38.7 Å². The molecule has 0 amide bonds. The van der Waals surface area contributed by atoms with Gasteiger partial charge in [0.2, 0.25) is 0 Å². The summed E-state index contributed by atoms with van der Waals surface area (Å²) < 4.78 is 0. The van der Waals surface area contributed by atoms with Gasteiger partial charge in [0.1, 0.15) is 0 Å². The van der Waals surface area contributed by atoms with Crippen molar-refractivity contribution >= 4 is 0 Å². The predicted molar refractivity (Wildman–Crippen MR) is 353 cm³/mol. The largest absolute Gasteiger partial charge is 0.256 e. The minimum absolute atomic E-state index is 0.933. The highest BCUT2D eigenvalue weighted by molar-refractivity contribution is 5.94. The van der Waals surface area contributed by atoms with Gasteiger partial charge in [0.05, 0.1) is 17.1 Å². The van der Waals surface area contributed by atoms with Crippen molar-refractivity contribution < 1.29 is 0 Å². The molecule has 3 aromatic heterocycles. The van der Waals surface area contributed by atoms with E-state index in [2.05, 4.69) is 296 Å². The standard InChI is InChI=1S/C81H63N3/c1-52-28-31-55(4)76(40-52)58-16-13-19-61(43-58)79-37-34-64(49-82-79)70-22-7-10-25-73(70)67-46-68(74-26-11-8-23-71(74)65-35-38-80(83-50-65)62-20-14-17-59(44-62)77-41-53(2)29-32-56(77)5)48-69(47-67)75-27-12-9-24-72(75)66-36-39-81(84-51-66)63-21-15-18-60(45-63)78-42-54(3)30-33-57(78)6/h7-51H,1-6H3. The van der Waals surface area contributed by atoms with Crippen LogP contribution in [0.2, 0.25) is 0 Å². The van der Waals surface area contributed by atoms with E-state index in [1.807, 2.05) is 18.6 Å². The SMILES string of the molecule is Cc1ccc(C)c(-c2cccc(-c3ccc(-c4ccccc4-c4cc(-c5ccccc5-c5ccc(-c6cccc(-c7cc(C)ccc7C)c6)nc5)cc(-c5ccccc5-c5ccc(-c6cccc(-c7cc(C)ccc7C)c6)nc5)c4)cn3)c2)c1. The molecule has 0 saturated heterocycles. The Morgan fingerprint density at radius 2 is 0.429 bits per heavy atom. The minimum atomic E-state index is 0.933. The average Bonchev–Trinajstić information content (AvgIpc) is 3.68. The Morgan fingerprint density at radius 3 is 0.690 bits per heavy atom. The van der Waals surface area contributed by atoms with Gasteiger partial charge >= 0.3 is 0 Å². The molecule has 0 N–H and O–H groups in total. The molecular formula is C81H63N3. The minimum Gasteiger partial charge on any atom is -0.256 e. The summed E-state index contributed by atoms with van der Waals surface area (Å²) in [6, 6.07) is 92.5. The van der Waals surface area contributed by atoms with Gasteiger partial charge in [0.25, 0.3) is 0 Å². The van der Waals surface area contributed by atoms with Crippen LogP contribution in [0.25, 0.3) is 134 Å². The molecule has 13 rings (SSSR count). The van der Waals surface area contributed by atoms with Crippen LogP contribution in [0.4, 0.5) is 0 Å². The van der Waals surface area contributed by atoms with Crippen LogP contribution in [-0.2, 0) is 0 Å². The van der Waals surface area contributed by atoms with Crippen LogP contribution in [-0.4, -0.2) is 15.0 Å². The number of hydrogen-bond donors (Lipinski definition) is 0. The van der Waals surface area contributed by atoms with Crippen LogP contribution in [0.5, 0.6) is 0 Å². The van der Waals surface area contributed by atoms with Gasteiger partial charge in [0.15, 0.2) is 0 Å². The van der Waals surface area contributed by atoms with Crippen LogP contribution < -0.4 is 0 Å². The molecule has 0 fully saturated rings. The smallest absolute Gasteiger partial charge is 0.0702 e. The summed E-state index contributed by atoms with van der Waals surface area (Å²) in [7, 11) is 0. The van der Waals surface area contributed by atoms with Gasteiger partial charge in [0, 0.05) is 52.0 Å². The van der Waals surface area contributed by atoms with Crippen molar-refractivity contribution in [2.45, 2.75) is 41.5 Å². The number of rotatable bonds is 12. The summed E-state index contributed by atoms with van der Waals surface area (Å²) in [5.41, 5.74) is 34.0. The van der Waals surface area contributed by atoms with E-state index in [9.17, 15) is 0 Å². The molecule has 402 valence electrons. The number of hydrogen-bond acceptors (Lipinski definition) is 3. The first kappa shape index (κ1) is 53.0. The Hall–Kier alpha value is -10.4. The average molecular weight is 1080 g/mol. The Kier molecular flexibility index (Phi) is 14.4. The molecule has 0 radical (unpaired) electrons. The highest BCUT2D eigenvalue weighted by atomic mass is 14.7. The van der Waals surface area contributed by atoms with Crippen LogP contribution in [0.1, 0.15) is 33.4 Å². The third-order valence-corrected chi connectivity index (χ3v) is 16.5. The second kappa shape index (κ2) is 22.9. The lowest BCUT2D eigenvalue weighted by Gasteiger charge is -2.18. The first-order valence-corrected chi connectivity index (χ1v) is 28.9. The summed E-state index contributed by atoms with van der Waals surface area (Å²) in [6.07, 6.45) is 6.09. The van der Waals surface area contributed by atoms with Crippen molar-refractivity contribution in [3.8, 4) is 134 Å². The summed E-state index contributed by atoms with van der Waals surface area (Å²) >= 11 is 0. The number of aryl methyl sites for hydroxylation is 6. The Morgan fingerprint density at radius 1 is 0.179 bits per heavy atom. The number of nitrogens with zero attached hydrogens (tertiary/aromatic N) is 3. The van der Waals surface area contributed by atoms with Crippen molar-refractivity contribution in [3.63, 3.8) is 0 Å². The lowest BCUT2D eigenvalue weighted by Crippen LogP contribution is -1.93. The zero-order valence-corrected chi connectivity index (χ0v) is 48.3. The first-order valence-electron chi connectivity index (χ1n) is 28.9. The Labute approximate surface area is 494 Å². The number of pyridine rings is 3. The van der Waals surface area contributed by atoms with Crippen LogP contribution >= 0.6 is 0 Å². The van der Waals surface area contributed by atoms with Crippen molar-refractivity contribution in [2.24, 2.45) is 0 Å². The monoisotopic (exact) mass is 1080 g/mol. The maximum atomic E-state index is 5.14. The lowest BCUT2D eigenvalue weighted by atomic mass is 9.86. The second-order valence-corrected chi connectivity index (χ2v) is 22.4. The summed E-state index contributed by atoms with van der Waals surface area (Å²) in [5, 5.41) is 0. The van der Waals surface area contributed by atoms with E-state index in [4.69, 9.17) is 15.0 Å². The van der Waals surface area contributed by atoms with Crippen molar-refractivity contribution in [2.75, 3.05) is 0 Å². The Balaban J connectivity index is 0.896. The zero-order valence-electron chi connectivity index (χ0n) is 48.3. The van der Waals surface area contributed by atoms with E-state index in [1.54, 1.807) is 0 Å². The van der Waals surface area contributed by atoms with Crippen LogP contribution in [0.3, 0.4) is 0 Å². The summed E-state index contributed by atoms with van der Waals surface area (Å²) in [6.45, 7) is 13.0. The highest BCUT2D eigenvalue weighted by Crippen LogP contribution is 2.43. The molecule has 3 heteroatoms. The fourth-order valence-corrected chi connectivity index (χ4v) is 11.9. The molecule has 0 bridgehead atoms. The molecule has 0 spiro atoms. The molecule has 0 unspecified atom stereocenters. The molecular weight excluding hydrogens is 1010 g/mol. The first-order chi connectivity index (χ1) is 41.1. The van der Waals surface area contributed by atoms with Crippen LogP contribution in [0.15, 0.2) is 273 Å². The predicted octanol–water partition coefficient (Wildman–Crippen LogP) is 21.7. The molecule has 84 heavy (non-hydrogen) atoms. The molecule has 0 atom stereocenters. The van der Waals surface area contributed by atoms with Gasteiger partial charge in [-0.15, -0.1) is 0 Å². The molecule has 3 nitrogen and oxygen atoms in total. The van der Waals surface area contributed by atoms with Gasteiger partial charge in [-0.3, -0.25) is 15.0 Å². The van der Waals surface area contributed by atoms with Crippen molar-refractivity contribution in [1.82, 2.24) is 15.0 Å². The van der Waals surface area contributed by atoms with E-state index >= 15 is 0 Å². The molecule has 10 aromatic carbocycles. The maximum absolute atomic E-state index is 5.14. The van der Waals surface area contributed by atoms with Gasteiger partial charge in [-0.05, 0) is 196 Å². The fraction of sp³-hybridized carbons (Fsp3) is 0.0741. The molecule has 0 aliphatic heterocycles. The lowest BCUT2D eigenvalue weighted by molar-refractivity contribution is 1.32.